The van der Waals surface area contributed by atoms with Crippen molar-refractivity contribution in [3.05, 3.63) is 18.0 Å². The Morgan fingerprint density at radius 3 is 3.28 bits per heavy atom. The van der Waals surface area contributed by atoms with E-state index in [4.69, 9.17) is 0 Å². The molecule has 5 nitrogen and oxygen atoms in total. The second kappa shape index (κ2) is 6.54. The molecule has 1 fully saturated rings. The zero-order valence-corrected chi connectivity index (χ0v) is 11.0. The summed E-state index contributed by atoms with van der Waals surface area (Å²) in [7, 11) is 1.92. The van der Waals surface area contributed by atoms with Crippen molar-refractivity contribution in [3.63, 3.8) is 0 Å². The van der Waals surface area contributed by atoms with Gasteiger partial charge in [-0.2, -0.15) is 5.10 Å². The molecule has 1 aromatic heterocycles. The fraction of sp³-hybridized carbons (Fsp3) is 0.692. The third-order valence-corrected chi connectivity index (χ3v) is 3.55. The lowest BCUT2D eigenvalue weighted by molar-refractivity contribution is -0.132. The number of aromatic nitrogens is 2. The van der Waals surface area contributed by atoms with E-state index in [0.717, 1.165) is 44.6 Å². The molecule has 0 bridgehead atoms. The summed E-state index contributed by atoms with van der Waals surface area (Å²) in [6.07, 6.45) is 5.57. The van der Waals surface area contributed by atoms with Crippen molar-refractivity contribution in [2.24, 2.45) is 0 Å². The first-order valence-corrected chi connectivity index (χ1v) is 6.73. The van der Waals surface area contributed by atoms with E-state index in [0.29, 0.717) is 12.3 Å². The largest absolute Gasteiger partial charge is 0.342 e. The molecule has 0 radical (unpaired) electrons. The Kier molecular flexibility index (Phi) is 4.75. The minimum atomic E-state index is 0.287. The first-order valence-electron chi connectivity index (χ1n) is 6.73. The first kappa shape index (κ1) is 13.1. The number of nitrogens with one attached hydrogen (secondary N) is 2. The van der Waals surface area contributed by atoms with E-state index in [1.807, 2.05) is 18.0 Å². The van der Waals surface area contributed by atoms with Crippen LogP contribution in [0, 0.1) is 0 Å². The molecule has 2 rings (SSSR count). The average Bonchev–Trinajstić information content (AvgIpc) is 2.93. The van der Waals surface area contributed by atoms with E-state index in [1.54, 1.807) is 6.20 Å². The number of carbonyl (C=O) groups excluding carboxylic acids is 1. The Labute approximate surface area is 108 Å². The number of H-pyrrole nitrogens is 1. The van der Waals surface area contributed by atoms with Crippen LogP contribution in [0.25, 0.3) is 0 Å². The highest BCUT2D eigenvalue weighted by atomic mass is 16.2. The summed E-state index contributed by atoms with van der Waals surface area (Å²) in [4.78, 5) is 14.1. The number of hydrogen-bond donors (Lipinski definition) is 2. The molecule has 2 N–H and O–H groups in total. The molecule has 1 atom stereocenters. The maximum atomic E-state index is 12.1. The molecular formula is C13H22N4O. The van der Waals surface area contributed by atoms with Gasteiger partial charge in [-0.15, -0.1) is 0 Å². The van der Waals surface area contributed by atoms with Gasteiger partial charge in [0.25, 0.3) is 0 Å². The van der Waals surface area contributed by atoms with Crippen LogP contribution in [0.1, 0.15) is 37.3 Å². The lowest BCUT2D eigenvalue weighted by Gasteiger charge is -2.32. The Hall–Kier alpha value is -1.36. The molecule has 0 aromatic carbocycles. The van der Waals surface area contributed by atoms with Crippen LogP contribution in [0.5, 0.6) is 0 Å². The van der Waals surface area contributed by atoms with Gasteiger partial charge in [-0.25, -0.2) is 0 Å². The molecular weight excluding hydrogens is 228 g/mol. The normalized spacial score (nSPS) is 20.1. The number of carbonyl (C=O) groups is 1. The predicted octanol–water partition coefficient (Wildman–Crippen LogP) is 1.12. The first-order chi connectivity index (χ1) is 8.81. The van der Waals surface area contributed by atoms with Crippen LogP contribution >= 0.6 is 0 Å². The molecule has 1 aliphatic heterocycles. The summed E-state index contributed by atoms with van der Waals surface area (Å²) < 4.78 is 0. The summed E-state index contributed by atoms with van der Waals surface area (Å²) in [6, 6.07) is 2.01. The van der Waals surface area contributed by atoms with Crippen LogP contribution in [-0.2, 0) is 4.79 Å². The minimum absolute atomic E-state index is 0.287. The van der Waals surface area contributed by atoms with Gasteiger partial charge in [-0.05, 0) is 38.9 Å². The van der Waals surface area contributed by atoms with Gasteiger partial charge in [0.15, 0.2) is 0 Å². The Bertz CT molecular complexity index is 363. The molecule has 1 saturated heterocycles. The predicted molar refractivity (Wildman–Crippen MR) is 70.3 cm³/mol. The molecule has 1 unspecified atom stereocenters. The van der Waals surface area contributed by atoms with E-state index in [9.17, 15) is 4.79 Å². The SMILES string of the molecule is CNCCCC(=O)N1CCCC(c2ccn[nH]2)C1. The number of rotatable bonds is 5. The van der Waals surface area contributed by atoms with Gasteiger partial charge in [-0.3, -0.25) is 9.89 Å². The number of nitrogens with zero attached hydrogens (tertiary/aromatic N) is 2. The van der Waals surface area contributed by atoms with E-state index in [2.05, 4.69) is 15.5 Å². The van der Waals surface area contributed by atoms with Crippen LogP contribution in [-0.4, -0.2) is 47.7 Å². The quantitative estimate of drug-likeness (QED) is 0.770. The van der Waals surface area contributed by atoms with Crippen molar-refractivity contribution in [2.75, 3.05) is 26.7 Å². The molecule has 5 heteroatoms. The molecule has 1 amide bonds. The minimum Gasteiger partial charge on any atom is -0.342 e. The van der Waals surface area contributed by atoms with E-state index in [1.165, 1.54) is 0 Å². The van der Waals surface area contributed by atoms with E-state index in [-0.39, 0.29) is 5.91 Å². The standard InChI is InChI=1S/C13H22N4O/c1-14-7-2-5-13(18)17-9-3-4-11(10-17)12-6-8-15-16-12/h6,8,11,14H,2-5,7,9-10H2,1H3,(H,15,16). The van der Waals surface area contributed by atoms with Gasteiger partial charge in [0.05, 0.1) is 0 Å². The van der Waals surface area contributed by atoms with Gasteiger partial charge in [0, 0.05) is 37.3 Å². The van der Waals surface area contributed by atoms with Crippen molar-refractivity contribution in [1.29, 1.82) is 0 Å². The van der Waals surface area contributed by atoms with Crippen LogP contribution < -0.4 is 5.32 Å². The number of amides is 1. The second-order valence-corrected chi connectivity index (χ2v) is 4.90. The summed E-state index contributed by atoms with van der Waals surface area (Å²) in [6.45, 7) is 2.65. The Balaban J connectivity index is 1.84. The Morgan fingerprint density at radius 2 is 2.56 bits per heavy atom. The molecule has 0 aliphatic carbocycles. The van der Waals surface area contributed by atoms with Crippen LogP contribution in [0.4, 0.5) is 0 Å². The molecule has 18 heavy (non-hydrogen) atoms. The monoisotopic (exact) mass is 250 g/mol. The summed E-state index contributed by atoms with van der Waals surface area (Å²) >= 11 is 0. The lowest BCUT2D eigenvalue weighted by Crippen LogP contribution is -2.39. The molecule has 100 valence electrons. The van der Waals surface area contributed by atoms with E-state index < -0.39 is 0 Å². The molecule has 2 heterocycles. The molecule has 0 saturated carbocycles. The number of aromatic amines is 1. The number of hydrogen-bond acceptors (Lipinski definition) is 3. The van der Waals surface area contributed by atoms with Gasteiger partial charge in [0.1, 0.15) is 0 Å². The van der Waals surface area contributed by atoms with Crippen LogP contribution in [0.2, 0.25) is 0 Å². The Morgan fingerprint density at radius 1 is 1.67 bits per heavy atom. The van der Waals surface area contributed by atoms with E-state index >= 15 is 0 Å². The average molecular weight is 250 g/mol. The third-order valence-electron chi connectivity index (χ3n) is 3.55. The van der Waals surface area contributed by atoms with Gasteiger partial charge in [0.2, 0.25) is 5.91 Å². The number of likely N-dealkylation sites (tertiary alicyclic amines) is 1. The number of piperidine rings is 1. The molecule has 1 aliphatic rings. The molecule has 1 aromatic rings. The van der Waals surface area contributed by atoms with Gasteiger partial charge in [-0.1, -0.05) is 0 Å². The van der Waals surface area contributed by atoms with Crippen LogP contribution in [0.15, 0.2) is 12.3 Å². The van der Waals surface area contributed by atoms with Crippen molar-refractivity contribution < 1.29 is 4.79 Å². The fourth-order valence-electron chi connectivity index (χ4n) is 2.53. The third kappa shape index (κ3) is 3.32. The van der Waals surface area contributed by atoms with Crippen molar-refractivity contribution in [2.45, 2.75) is 31.6 Å². The second-order valence-electron chi connectivity index (χ2n) is 4.90. The van der Waals surface area contributed by atoms with Crippen LogP contribution in [0.3, 0.4) is 0 Å². The topological polar surface area (TPSA) is 61.0 Å². The highest BCUT2D eigenvalue weighted by molar-refractivity contribution is 5.76. The summed E-state index contributed by atoms with van der Waals surface area (Å²) in [5.41, 5.74) is 1.16. The maximum Gasteiger partial charge on any atom is 0.222 e. The zero-order valence-electron chi connectivity index (χ0n) is 11.0. The van der Waals surface area contributed by atoms with Gasteiger partial charge < -0.3 is 10.2 Å². The highest BCUT2D eigenvalue weighted by Gasteiger charge is 2.24. The van der Waals surface area contributed by atoms with Crippen molar-refractivity contribution in [3.8, 4) is 0 Å². The summed E-state index contributed by atoms with van der Waals surface area (Å²) in [5.74, 6) is 0.712. The fourth-order valence-corrected chi connectivity index (χ4v) is 2.53. The maximum absolute atomic E-state index is 12.1. The zero-order chi connectivity index (χ0) is 12.8. The lowest BCUT2D eigenvalue weighted by atomic mass is 9.94. The highest BCUT2D eigenvalue weighted by Crippen LogP contribution is 2.25. The van der Waals surface area contributed by atoms with Crippen molar-refractivity contribution >= 4 is 5.91 Å². The van der Waals surface area contributed by atoms with Gasteiger partial charge >= 0.3 is 0 Å². The smallest absolute Gasteiger partial charge is 0.222 e. The van der Waals surface area contributed by atoms with Crippen molar-refractivity contribution in [1.82, 2.24) is 20.4 Å². The summed E-state index contributed by atoms with van der Waals surface area (Å²) in [5, 5.41) is 10.1. The molecule has 0 spiro atoms.